The Morgan fingerprint density at radius 1 is 1.33 bits per heavy atom. The van der Waals surface area contributed by atoms with Crippen molar-refractivity contribution >= 4 is 21.6 Å². The molecule has 118 valence electrons. The van der Waals surface area contributed by atoms with Gasteiger partial charge in [0.2, 0.25) is 10.0 Å². The fourth-order valence-corrected chi connectivity index (χ4v) is 3.72. The first-order valence-corrected chi connectivity index (χ1v) is 9.17. The molecule has 0 aliphatic carbocycles. The Morgan fingerprint density at radius 3 is 2.67 bits per heavy atom. The van der Waals surface area contributed by atoms with Crippen molar-refractivity contribution in [1.29, 1.82) is 0 Å². The predicted molar refractivity (Wildman–Crippen MR) is 83.9 cm³/mol. The second-order valence-electron chi connectivity index (χ2n) is 5.63. The maximum atomic E-state index is 12.1. The van der Waals surface area contributed by atoms with Gasteiger partial charge in [-0.25, -0.2) is 18.1 Å². The molecular formula is C14H22ClN3O2S. The molecule has 1 N–H and O–H groups in total. The fourth-order valence-electron chi connectivity index (χ4n) is 2.50. The Morgan fingerprint density at radius 2 is 2.05 bits per heavy atom. The number of hydrogen-bond donors (Lipinski definition) is 1. The zero-order valence-electron chi connectivity index (χ0n) is 12.3. The van der Waals surface area contributed by atoms with Crippen LogP contribution in [0.4, 0.5) is 0 Å². The molecule has 0 aromatic carbocycles. The summed E-state index contributed by atoms with van der Waals surface area (Å²) in [5.41, 5.74) is 0. The normalized spacial score (nSPS) is 18.6. The molecule has 1 aliphatic rings. The average Bonchev–Trinajstić information content (AvgIpc) is 2.47. The van der Waals surface area contributed by atoms with E-state index in [-0.39, 0.29) is 16.0 Å². The Labute approximate surface area is 131 Å². The van der Waals surface area contributed by atoms with Gasteiger partial charge < -0.3 is 4.90 Å². The van der Waals surface area contributed by atoms with Crippen molar-refractivity contribution in [3.63, 3.8) is 0 Å². The highest BCUT2D eigenvalue weighted by Gasteiger charge is 2.18. The van der Waals surface area contributed by atoms with Crippen molar-refractivity contribution < 1.29 is 8.42 Å². The van der Waals surface area contributed by atoms with E-state index in [0.717, 1.165) is 19.6 Å². The summed E-state index contributed by atoms with van der Waals surface area (Å²) in [6.45, 7) is 5.68. The lowest BCUT2D eigenvalue weighted by Gasteiger charge is -2.29. The van der Waals surface area contributed by atoms with Crippen molar-refractivity contribution in [3.05, 3.63) is 23.5 Å². The van der Waals surface area contributed by atoms with Crippen molar-refractivity contribution in [2.75, 3.05) is 26.2 Å². The van der Waals surface area contributed by atoms with E-state index in [9.17, 15) is 8.42 Å². The van der Waals surface area contributed by atoms with Crippen molar-refractivity contribution in [1.82, 2.24) is 14.6 Å². The van der Waals surface area contributed by atoms with Gasteiger partial charge in [0.05, 0.1) is 0 Å². The van der Waals surface area contributed by atoms with Crippen LogP contribution < -0.4 is 4.72 Å². The summed E-state index contributed by atoms with van der Waals surface area (Å²) in [5, 5.41) is 0.285. The van der Waals surface area contributed by atoms with Crippen LogP contribution in [0.15, 0.2) is 23.2 Å². The van der Waals surface area contributed by atoms with E-state index in [1.165, 1.54) is 37.6 Å². The monoisotopic (exact) mass is 331 g/mol. The maximum absolute atomic E-state index is 12.1. The summed E-state index contributed by atoms with van der Waals surface area (Å²) in [5.74, 6) is 0.276. The van der Waals surface area contributed by atoms with Crippen molar-refractivity contribution in [2.45, 2.75) is 31.1 Å². The molecule has 5 nitrogen and oxygen atoms in total. The maximum Gasteiger partial charge on any atom is 0.242 e. The molecule has 7 heteroatoms. The number of piperidine rings is 1. The quantitative estimate of drug-likeness (QED) is 0.811. The summed E-state index contributed by atoms with van der Waals surface area (Å²) >= 11 is 5.67. The summed E-state index contributed by atoms with van der Waals surface area (Å²) in [4.78, 5) is 6.36. The number of rotatable bonds is 6. The molecule has 1 saturated heterocycles. The third-order valence-electron chi connectivity index (χ3n) is 3.65. The average molecular weight is 332 g/mol. The molecular weight excluding hydrogens is 310 g/mol. The van der Waals surface area contributed by atoms with Crippen LogP contribution >= 0.6 is 11.6 Å². The summed E-state index contributed by atoms with van der Waals surface area (Å²) in [7, 11) is -3.50. The molecule has 1 aromatic rings. The van der Waals surface area contributed by atoms with Crippen LogP contribution in [0.2, 0.25) is 5.15 Å². The SMILES string of the molecule is CC(CNS(=O)(=O)c1ccc(Cl)nc1)CN1CCCCC1. The van der Waals surface area contributed by atoms with E-state index in [1.54, 1.807) is 0 Å². The minimum absolute atomic E-state index is 0.150. The van der Waals surface area contributed by atoms with Gasteiger partial charge in [0, 0.05) is 19.3 Å². The third kappa shape index (κ3) is 5.21. The van der Waals surface area contributed by atoms with Gasteiger partial charge in [-0.15, -0.1) is 0 Å². The Balaban J connectivity index is 1.84. The standard InChI is InChI=1S/C14H22ClN3O2S/c1-12(11-18-7-3-2-4-8-18)9-17-21(19,20)13-5-6-14(15)16-10-13/h5-6,10,12,17H,2-4,7-9,11H2,1H3. The molecule has 0 amide bonds. The molecule has 2 rings (SSSR count). The predicted octanol–water partition coefficient (Wildman–Crippen LogP) is 2.14. The van der Waals surface area contributed by atoms with E-state index in [4.69, 9.17) is 11.6 Å². The molecule has 1 aromatic heterocycles. The van der Waals surface area contributed by atoms with E-state index in [0.29, 0.717) is 6.54 Å². The minimum atomic E-state index is -3.50. The zero-order valence-corrected chi connectivity index (χ0v) is 13.8. The lowest BCUT2D eigenvalue weighted by molar-refractivity contribution is 0.201. The fraction of sp³-hybridized carbons (Fsp3) is 0.643. The molecule has 21 heavy (non-hydrogen) atoms. The van der Waals surface area contributed by atoms with E-state index < -0.39 is 10.0 Å². The number of pyridine rings is 1. The number of nitrogens with zero attached hydrogens (tertiary/aromatic N) is 2. The van der Waals surface area contributed by atoms with Crippen LogP contribution in [0.5, 0.6) is 0 Å². The van der Waals surface area contributed by atoms with Crippen LogP contribution in [-0.4, -0.2) is 44.5 Å². The molecule has 1 unspecified atom stereocenters. The zero-order chi connectivity index (χ0) is 15.3. The van der Waals surface area contributed by atoms with Gasteiger partial charge in [-0.05, 0) is 44.0 Å². The first-order chi connectivity index (χ1) is 9.97. The second kappa shape index (κ2) is 7.54. The van der Waals surface area contributed by atoms with Gasteiger partial charge in [-0.3, -0.25) is 0 Å². The first-order valence-electron chi connectivity index (χ1n) is 7.31. The molecule has 1 fully saturated rings. The Hall–Kier alpha value is -0.690. The highest BCUT2D eigenvalue weighted by atomic mass is 35.5. The van der Waals surface area contributed by atoms with Crippen LogP contribution in [0.3, 0.4) is 0 Å². The molecule has 1 atom stereocenters. The van der Waals surface area contributed by atoms with Gasteiger partial charge in [-0.1, -0.05) is 24.9 Å². The number of aromatic nitrogens is 1. The summed E-state index contributed by atoms with van der Waals surface area (Å²) < 4.78 is 26.9. The molecule has 0 radical (unpaired) electrons. The molecule has 0 bridgehead atoms. The lowest BCUT2D eigenvalue weighted by atomic mass is 10.1. The van der Waals surface area contributed by atoms with Gasteiger partial charge in [0.25, 0.3) is 0 Å². The smallest absolute Gasteiger partial charge is 0.242 e. The first kappa shape index (κ1) is 16.7. The van der Waals surface area contributed by atoms with Gasteiger partial charge >= 0.3 is 0 Å². The highest BCUT2D eigenvalue weighted by molar-refractivity contribution is 7.89. The van der Waals surface area contributed by atoms with E-state index >= 15 is 0 Å². The summed E-state index contributed by atoms with van der Waals surface area (Å²) in [6.07, 6.45) is 5.07. The van der Waals surface area contributed by atoms with Gasteiger partial charge in [0.1, 0.15) is 10.0 Å². The lowest BCUT2D eigenvalue weighted by Crippen LogP contribution is -2.38. The number of hydrogen-bond acceptors (Lipinski definition) is 4. The number of halogens is 1. The molecule has 1 aliphatic heterocycles. The topological polar surface area (TPSA) is 62.3 Å². The van der Waals surface area contributed by atoms with Crippen LogP contribution in [-0.2, 0) is 10.0 Å². The third-order valence-corrected chi connectivity index (χ3v) is 5.28. The van der Waals surface area contributed by atoms with Crippen LogP contribution in [0.1, 0.15) is 26.2 Å². The molecule has 0 saturated carbocycles. The van der Waals surface area contributed by atoms with Crippen molar-refractivity contribution in [2.24, 2.45) is 5.92 Å². The molecule has 2 heterocycles. The van der Waals surface area contributed by atoms with Gasteiger partial charge in [0.15, 0.2) is 0 Å². The van der Waals surface area contributed by atoms with Gasteiger partial charge in [-0.2, -0.15) is 0 Å². The number of likely N-dealkylation sites (tertiary alicyclic amines) is 1. The molecule has 0 spiro atoms. The summed E-state index contributed by atoms with van der Waals surface area (Å²) in [6, 6.07) is 2.94. The second-order valence-corrected chi connectivity index (χ2v) is 7.79. The van der Waals surface area contributed by atoms with E-state index in [2.05, 4.69) is 21.5 Å². The minimum Gasteiger partial charge on any atom is -0.303 e. The van der Waals surface area contributed by atoms with Crippen LogP contribution in [0, 0.1) is 5.92 Å². The van der Waals surface area contributed by atoms with Crippen molar-refractivity contribution in [3.8, 4) is 0 Å². The Kier molecular flexibility index (Phi) is 5.98. The largest absolute Gasteiger partial charge is 0.303 e. The highest BCUT2D eigenvalue weighted by Crippen LogP contribution is 2.13. The number of sulfonamides is 1. The Bertz CT molecular complexity index is 542. The number of nitrogens with one attached hydrogen (secondary N) is 1. The van der Waals surface area contributed by atoms with Crippen LogP contribution in [0.25, 0.3) is 0 Å². The van der Waals surface area contributed by atoms with E-state index in [1.807, 2.05) is 0 Å².